The van der Waals surface area contributed by atoms with Crippen LogP contribution in [-0.4, -0.2) is 23.3 Å². The molecule has 1 aliphatic heterocycles. The maximum atomic E-state index is 13.3. The van der Waals surface area contributed by atoms with Crippen molar-refractivity contribution in [2.24, 2.45) is 0 Å². The van der Waals surface area contributed by atoms with E-state index in [1.54, 1.807) is 24.3 Å². The maximum absolute atomic E-state index is 13.3. The van der Waals surface area contributed by atoms with Crippen molar-refractivity contribution < 1.29 is 14.0 Å². The molecule has 0 saturated carbocycles. The lowest BCUT2D eigenvalue weighted by Crippen LogP contribution is -2.37. The highest BCUT2D eigenvalue weighted by Gasteiger charge is 2.18. The van der Waals surface area contributed by atoms with E-state index in [-0.39, 0.29) is 5.91 Å². The van der Waals surface area contributed by atoms with Gasteiger partial charge in [-0.3, -0.25) is 14.5 Å². The Labute approximate surface area is 104 Å². The molecule has 0 fully saturated rings. The van der Waals surface area contributed by atoms with Crippen molar-refractivity contribution in [2.45, 2.75) is 6.42 Å². The minimum absolute atomic E-state index is 0.325. The van der Waals surface area contributed by atoms with Gasteiger partial charge in [0, 0.05) is 18.2 Å². The van der Waals surface area contributed by atoms with Gasteiger partial charge >= 0.3 is 0 Å². The van der Waals surface area contributed by atoms with Gasteiger partial charge in [0.2, 0.25) is 0 Å². The van der Waals surface area contributed by atoms with Gasteiger partial charge in [0.15, 0.2) is 0 Å². The summed E-state index contributed by atoms with van der Waals surface area (Å²) in [6, 6.07) is 6.14. The van der Waals surface area contributed by atoms with Crippen LogP contribution in [0.4, 0.5) is 4.39 Å². The molecule has 0 unspecified atom stereocenters. The molecular formula is C14H12FNO2. The van der Waals surface area contributed by atoms with Crippen molar-refractivity contribution in [3.8, 4) is 0 Å². The molecule has 0 radical (unpaired) electrons. The third kappa shape index (κ3) is 2.71. The Morgan fingerprint density at radius 3 is 2.83 bits per heavy atom. The summed E-state index contributed by atoms with van der Waals surface area (Å²) >= 11 is 0. The smallest absolute Gasteiger partial charge is 0.253 e. The van der Waals surface area contributed by atoms with E-state index in [0.29, 0.717) is 18.5 Å². The van der Waals surface area contributed by atoms with Crippen molar-refractivity contribution in [3.05, 3.63) is 53.9 Å². The fraction of sp³-hybridized carbons (Fsp3) is 0.143. The average molecular weight is 245 g/mol. The number of hydrogen-bond acceptors (Lipinski definition) is 2. The van der Waals surface area contributed by atoms with Crippen LogP contribution in [0.25, 0.3) is 6.08 Å². The van der Waals surface area contributed by atoms with Gasteiger partial charge in [-0.25, -0.2) is 4.39 Å². The van der Waals surface area contributed by atoms with Crippen LogP contribution in [0.1, 0.15) is 12.0 Å². The lowest BCUT2D eigenvalue weighted by Gasteiger charge is -2.19. The van der Waals surface area contributed by atoms with Crippen LogP contribution in [0.15, 0.2) is 42.5 Å². The van der Waals surface area contributed by atoms with Gasteiger partial charge in [-0.15, -0.1) is 0 Å². The van der Waals surface area contributed by atoms with Crippen LogP contribution in [0.3, 0.4) is 0 Å². The highest BCUT2D eigenvalue weighted by Crippen LogP contribution is 2.10. The number of amides is 2. The lowest BCUT2D eigenvalue weighted by atomic mass is 10.2. The predicted molar refractivity (Wildman–Crippen MR) is 65.9 cm³/mol. The van der Waals surface area contributed by atoms with Gasteiger partial charge in [-0.2, -0.15) is 0 Å². The summed E-state index contributed by atoms with van der Waals surface area (Å²) in [4.78, 5) is 24.3. The fourth-order valence-electron chi connectivity index (χ4n) is 1.67. The monoisotopic (exact) mass is 245 g/mol. The Hall–Kier alpha value is -2.23. The number of hydrogen-bond donors (Lipinski definition) is 0. The molecule has 2 rings (SSSR count). The maximum Gasteiger partial charge on any atom is 0.253 e. The molecule has 1 aromatic rings. The van der Waals surface area contributed by atoms with E-state index in [1.165, 1.54) is 24.3 Å². The summed E-state index contributed by atoms with van der Waals surface area (Å²) in [5, 5.41) is 0. The Morgan fingerprint density at radius 2 is 2.11 bits per heavy atom. The van der Waals surface area contributed by atoms with E-state index in [9.17, 15) is 14.0 Å². The van der Waals surface area contributed by atoms with E-state index >= 15 is 0 Å². The number of carbonyl (C=O) groups is 2. The fourth-order valence-corrected chi connectivity index (χ4v) is 1.67. The van der Waals surface area contributed by atoms with E-state index in [2.05, 4.69) is 0 Å². The molecule has 3 nitrogen and oxygen atoms in total. The third-order valence-electron chi connectivity index (χ3n) is 2.62. The quantitative estimate of drug-likeness (QED) is 0.749. The van der Waals surface area contributed by atoms with Gasteiger partial charge in [0.05, 0.1) is 0 Å². The first kappa shape index (κ1) is 12.2. The molecule has 92 valence electrons. The molecule has 0 bridgehead atoms. The molecule has 1 aliphatic rings. The molecule has 0 aliphatic carbocycles. The number of imide groups is 1. The molecule has 1 aromatic carbocycles. The van der Waals surface area contributed by atoms with Gasteiger partial charge in [-0.05, 0) is 24.6 Å². The van der Waals surface area contributed by atoms with Crippen molar-refractivity contribution in [1.82, 2.24) is 4.90 Å². The van der Waals surface area contributed by atoms with E-state index in [1.807, 2.05) is 0 Å². The minimum Gasteiger partial charge on any atom is -0.275 e. The molecule has 0 N–H and O–H groups in total. The standard InChI is InChI=1S/C14H12FNO2/c15-12-6-2-1-5-11(12)8-9-14(18)16-10-4-3-7-13(16)17/h1-3,5-9H,4,10H2/b9-8+. The number of benzene rings is 1. The highest BCUT2D eigenvalue weighted by molar-refractivity contribution is 6.06. The summed E-state index contributed by atoms with van der Waals surface area (Å²) < 4.78 is 13.3. The first-order valence-corrected chi connectivity index (χ1v) is 5.63. The SMILES string of the molecule is O=C1C=CCCN1C(=O)/C=C/c1ccccc1F. The summed E-state index contributed by atoms with van der Waals surface area (Å²) in [6.07, 6.45) is 6.36. The Bertz CT molecular complexity index is 534. The van der Waals surface area contributed by atoms with Crippen LogP contribution in [0.5, 0.6) is 0 Å². The Morgan fingerprint density at radius 1 is 1.33 bits per heavy atom. The van der Waals surface area contributed by atoms with Gasteiger partial charge < -0.3 is 0 Å². The zero-order valence-electron chi connectivity index (χ0n) is 9.67. The first-order valence-electron chi connectivity index (χ1n) is 5.63. The molecule has 4 heteroatoms. The summed E-state index contributed by atoms with van der Waals surface area (Å²) in [5.41, 5.74) is 0.325. The zero-order chi connectivity index (χ0) is 13.0. The van der Waals surface area contributed by atoms with Gasteiger partial charge in [0.25, 0.3) is 11.8 Å². The van der Waals surface area contributed by atoms with Crippen LogP contribution >= 0.6 is 0 Å². The second-order valence-electron chi connectivity index (χ2n) is 3.87. The topological polar surface area (TPSA) is 37.4 Å². The number of halogens is 1. The van der Waals surface area contributed by atoms with Crippen LogP contribution in [0.2, 0.25) is 0 Å². The van der Waals surface area contributed by atoms with Crippen LogP contribution < -0.4 is 0 Å². The minimum atomic E-state index is -0.424. The van der Waals surface area contributed by atoms with E-state index in [0.717, 1.165) is 4.90 Å². The van der Waals surface area contributed by atoms with Crippen LogP contribution in [-0.2, 0) is 9.59 Å². The van der Waals surface area contributed by atoms with E-state index in [4.69, 9.17) is 0 Å². The average Bonchev–Trinajstić information content (AvgIpc) is 2.38. The highest BCUT2D eigenvalue weighted by atomic mass is 19.1. The third-order valence-corrected chi connectivity index (χ3v) is 2.62. The molecule has 1 heterocycles. The lowest BCUT2D eigenvalue weighted by molar-refractivity contribution is -0.139. The molecule has 0 spiro atoms. The molecule has 0 saturated heterocycles. The van der Waals surface area contributed by atoms with E-state index < -0.39 is 11.7 Å². The predicted octanol–water partition coefficient (Wildman–Crippen LogP) is 2.15. The molecule has 2 amide bonds. The van der Waals surface area contributed by atoms with Crippen molar-refractivity contribution in [1.29, 1.82) is 0 Å². The van der Waals surface area contributed by atoms with Crippen molar-refractivity contribution in [3.63, 3.8) is 0 Å². The second-order valence-corrected chi connectivity index (χ2v) is 3.87. The van der Waals surface area contributed by atoms with Crippen molar-refractivity contribution in [2.75, 3.05) is 6.54 Å². The summed E-state index contributed by atoms with van der Waals surface area (Å²) in [6.45, 7) is 0.371. The molecule has 0 aromatic heterocycles. The van der Waals surface area contributed by atoms with Gasteiger partial charge in [-0.1, -0.05) is 24.3 Å². The Kier molecular flexibility index (Phi) is 3.67. The first-order chi connectivity index (χ1) is 8.68. The molecule has 18 heavy (non-hydrogen) atoms. The summed E-state index contributed by atoms with van der Waals surface area (Å²) in [7, 11) is 0. The normalized spacial score (nSPS) is 15.4. The Balaban J connectivity index is 2.10. The molecule has 0 atom stereocenters. The van der Waals surface area contributed by atoms with Crippen molar-refractivity contribution >= 4 is 17.9 Å². The number of carbonyl (C=O) groups excluding carboxylic acids is 2. The largest absolute Gasteiger partial charge is 0.275 e. The number of rotatable bonds is 2. The molecular weight excluding hydrogens is 233 g/mol. The second kappa shape index (κ2) is 5.40. The van der Waals surface area contributed by atoms with Gasteiger partial charge in [0.1, 0.15) is 5.82 Å². The van der Waals surface area contributed by atoms with Crippen LogP contribution in [0, 0.1) is 5.82 Å². The summed E-state index contributed by atoms with van der Waals surface area (Å²) in [5.74, 6) is -1.15. The number of nitrogens with zero attached hydrogens (tertiary/aromatic N) is 1. The zero-order valence-corrected chi connectivity index (χ0v) is 9.67.